The third kappa shape index (κ3) is 3.99. The van der Waals surface area contributed by atoms with Crippen molar-refractivity contribution in [1.82, 2.24) is 0 Å². The topological polar surface area (TPSA) is 26.3 Å². The number of halogens is 3. The smallest absolute Gasteiger partial charge is 0.339 e. The Bertz CT molecular complexity index is 388. The van der Waals surface area contributed by atoms with E-state index in [0.29, 0.717) is 5.56 Å². The van der Waals surface area contributed by atoms with E-state index in [0.717, 1.165) is 10.7 Å². The summed E-state index contributed by atoms with van der Waals surface area (Å²) in [4.78, 5) is 11.7. The van der Waals surface area contributed by atoms with Crippen LogP contribution < -0.4 is 0 Å². The van der Waals surface area contributed by atoms with Crippen LogP contribution in [0.15, 0.2) is 12.1 Å². The predicted octanol–water partition coefficient (Wildman–Crippen LogP) is 4.07. The molecule has 82 valence electrons. The second-order valence-electron chi connectivity index (χ2n) is 3.20. The van der Waals surface area contributed by atoms with Crippen LogP contribution in [0.2, 0.25) is 0 Å². The van der Waals surface area contributed by atoms with Gasteiger partial charge in [0.2, 0.25) is 0 Å². The lowest BCUT2D eigenvalue weighted by Crippen LogP contribution is -2.13. The number of hydrogen-bond acceptors (Lipinski definition) is 2. The summed E-state index contributed by atoms with van der Waals surface area (Å²) in [6.45, 7) is 3.70. The number of ether oxygens (including phenoxy) is 1. The van der Waals surface area contributed by atoms with Gasteiger partial charge >= 0.3 is 5.97 Å². The van der Waals surface area contributed by atoms with Crippen molar-refractivity contribution < 1.29 is 9.53 Å². The van der Waals surface area contributed by atoms with Crippen LogP contribution in [-0.4, -0.2) is 12.1 Å². The van der Waals surface area contributed by atoms with Gasteiger partial charge in [-0.2, -0.15) is 0 Å². The highest BCUT2D eigenvalue weighted by molar-refractivity contribution is 14.1. The zero-order valence-corrected chi connectivity index (χ0v) is 14.7. The Kier molecular flexibility index (Phi) is 5.57. The van der Waals surface area contributed by atoms with E-state index in [1.807, 2.05) is 26.0 Å². The third-order valence-corrected chi connectivity index (χ3v) is 5.22. The minimum atomic E-state index is -0.245. The summed E-state index contributed by atoms with van der Waals surface area (Å²) in [6, 6.07) is 3.89. The van der Waals surface area contributed by atoms with Gasteiger partial charge in [-0.05, 0) is 93.8 Å². The maximum atomic E-state index is 11.7. The average Bonchev–Trinajstić information content (AvgIpc) is 2.09. The minimum absolute atomic E-state index is 0.0798. The fourth-order valence-corrected chi connectivity index (χ4v) is 3.36. The van der Waals surface area contributed by atoms with Crippen LogP contribution in [0.1, 0.15) is 24.2 Å². The Hall–Kier alpha value is 0.880. The molecule has 0 unspecified atom stereocenters. The highest BCUT2D eigenvalue weighted by Gasteiger charge is 2.15. The monoisotopic (exact) mass is 542 g/mol. The minimum Gasteiger partial charge on any atom is -0.459 e. The molecule has 0 atom stereocenters. The Morgan fingerprint density at radius 3 is 2.40 bits per heavy atom. The molecule has 0 aliphatic heterocycles. The number of esters is 1. The second-order valence-corrected chi connectivity index (χ2v) is 6.69. The molecule has 0 saturated carbocycles. The van der Waals surface area contributed by atoms with Crippen molar-refractivity contribution in [2.24, 2.45) is 0 Å². The molecule has 0 radical (unpaired) electrons. The van der Waals surface area contributed by atoms with Crippen LogP contribution in [0.3, 0.4) is 0 Å². The fourth-order valence-electron chi connectivity index (χ4n) is 0.982. The van der Waals surface area contributed by atoms with Gasteiger partial charge in [0.1, 0.15) is 0 Å². The van der Waals surface area contributed by atoms with Gasteiger partial charge in [-0.15, -0.1) is 0 Å². The zero-order valence-electron chi connectivity index (χ0n) is 8.18. The number of benzene rings is 1. The van der Waals surface area contributed by atoms with Crippen LogP contribution in [-0.2, 0) is 4.74 Å². The standard InChI is InChI=1S/C10H9I3O2/c1-5(2)15-10(14)7-3-6(11)4-8(12)9(7)13/h3-5H,1-2H3. The van der Waals surface area contributed by atoms with E-state index in [4.69, 9.17) is 4.74 Å². The van der Waals surface area contributed by atoms with Crippen LogP contribution in [0.4, 0.5) is 0 Å². The fraction of sp³-hybridized carbons (Fsp3) is 0.300. The van der Waals surface area contributed by atoms with Gasteiger partial charge in [0.05, 0.1) is 11.7 Å². The number of hydrogen-bond donors (Lipinski definition) is 0. The molecule has 0 fully saturated rings. The molecule has 2 nitrogen and oxygen atoms in total. The first-order chi connectivity index (χ1) is 6.91. The summed E-state index contributed by atoms with van der Waals surface area (Å²) in [6.07, 6.45) is -0.0798. The van der Waals surface area contributed by atoms with Crippen LogP contribution >= 0.6 is 67.8 Å². The Labute approximate surface area is 130 Å². The molecule has 5 heteroatoms. The predicted molar refractivity (Wildman–Crippen MR) is 85.1 cm³/mol. The van der Waals surface area contributed by atoms with Crippen molar-refractivity contribution in [3.05, 3.63) is 28.4 Å². The van der Waals surface area contributed by atoms with E-state index < -0.39 is 0 Å². The average molecular weight is 542 g/mol. The van der Waals surface area contributed by atoms with Crippen LogP contribution in [0.5, 0.6) is 0 Å². The highest BCUT2D eigenvalue weighted by atomic mass is 127. The lowest BCUT2D eigenvalue weighted by atomic mass is 10.2. The van der Waals surface area contributed by atoms with Crippen molar-refractivity contribution in [1.29, 1.82) is 0 Å². The molecular formula is C10H9I3O2. The summed E-state index contributed by atoms with van der Waals surface area (Å²) in [7, 11) is 0. The summed E-state index contributed by atoms with van der Waals surface area (Å²) < 4.78 is 8.26. The third-order valence-electron chi connectivity index (χ3n) is 1.56. The van der Waals surface area contributed by atoms with Crippen molar-refractivity contribution in [2.75, 3.05) is 0 Å². The van der Waals surface area contributed by atoms with Crippen molar-refractivity contribution in [3.8, 4) is 0 Å². The van der Waals surface area contributed by atoms with Crippen molar-refractivity contribution in [3.63, 3.8) is 0 Å². The van der Waals surface area contributed by atoms with Gasteiger partial charge in [0, 0.05) is 10.7 Å². The van der Waals surface area contributed by atoms with Gasteiger partial charge in [-0.3, -0.25) is 0 Å². The molecule has 0 bridgehead atoms. The number of carbonyl (C=O) groups excluding carboxylic acids is 1. The lowest BCUT2D eigenvalue weighted by molar-refractivity contribution is 0.0376. The summed E-state index contributed by atoms with van der Waals surface area (Å²) in [5, 5.41) is 0. The molecule has 1 aromatic rings. The van der Waals surface area contributed by atoms with E-state index in [-0.39, 0.29) is 12.1 Å². The van der Waals surface area contributed by atoms with Gasteiger partial charge in [-0.25, -0.2) is 4.79 Å². The number of rotatable bonds is 2. The van der Waals surface area contributed by atoms with E-state index in [1.165, 1.54) is 0 Å². The normalized spacial score (nSPS) is 10.5. The van der Waals surface area contributed by atoms with Gasteiger partial charge in [-0.1, -0.05) is 0 Å². The molecule has 1 aromatic carbocycles. The first-order valence-corrected chi connectivity index (χ1v) is 7.51. The van der Waals surface area contributed by atoms with Crippen LogP contribution in [0, 0.1) is 10.7 Å². The molecule has 0 aliphatic carbocycles. The molecular weight excluding hydrogens is 533 g/mol. The van der Waals surface area contributed by atoms with E-state index in [2.05, 4.69) is 67.8 Å². The lowest BCUT2D eigenvalue weighted by Gasteiger charge is -2.10. The van der Waals surface area contributed by atoms with Crippen molar-refractivity contribution in [2.45, 2.75) is 20.0 Å². The maximum Gasteiger partial charge on any atom is 0.339 e. The zero-order chi connectivity index (χ0) is 11.6. The van der Waals surface area contributed by atoms with E-state index >= 15 is 0 Å². The largest absolute Gasteiger partial charge is 0.459 e. The van der Waals surface area contributed by atoms with Gasteiger partial charge < -0.3 is 4.74 Å². The van der Waals surface area contributed by atoms with Crippen molar-refractivity contribution >= 4 is 73.7 Å². The second kappa shape index (κ2) is 5.99. The Balaban J connectivity index is 3.08. The first-order valence-electron chi connectivity index (χ1n) is 4.27. The summed E-state index contributed by atoms with van der Waals surface area (Å²) >= 11 is 6.59. The van der Waals surface area contributed by atoms with Crippen LogP contribution in [0.25, 0.3) is 0 Å². The van der Waals surface area contributed by atoms with E-state index in [9.17, 15) is 4.79 Å². The maximum absolute atomic E-state index is 11.7. The Morgan fingerprint density at radius 2 is 1.87 bits per heavy atom. The SMILES string of the molecule is CC(C)OC(=O)c1cc(I)cc(I)c1I. The summed E-state index contributed by atoms with van der Waals surface area (Å²) in [5.74, 6) is -0.245. The van der Waals surface area contributed by atoms with E-state index in [1.54, 1.807) is 0 Å². The molecule has 0 aliphatic rings. The Morgan fingerprint density at radius 1 is 1.27 bits per heavy atom. The highest BCUT2D eigenvalue weighted by Crippen LogP contribution is 2.23. The molecule has 0 aromatic heterocycles. The molecule has 0 heterocycles. The van der Waals surface area contributed by atoms with Gasteiger partial charge in [0.15, 0.2) is 0 Å². The molecule has 0 amide bonds. The molecule has 1 rings (SSSR count). The quantitative estimate of drug-likeness (QED) is 0.321. The summed E-state index contributed by atoms with van der Waals surface area (Å²) in [5.41, 5.74) is 0.653. The molecule has 0 saturated heterocycles. The first kappa shape index (κ1) is 13.9. The number of carbonyl (C=O) groups is 1. The molecule has 0 spiro atoms. The molecule has 15 heavy (non-hydrogen) atoms. The van der Waals surface area contributed by atoms with Gasteiger partial charge in [0.25, 0.3) is 0 Å². The molecule has 0 N–H and O–H groups in total.